The van der Waals surface area contributed by atoms with Crippen LogP contribution in [0.5, 0.6) is 5.75 Å². The van der Waals surface area contributed by atoms with E-state index in [-0.39, 0.29) is 12.2 Å². The van der Waals surface area contributed by atoms with Gasteiger partial charge in [0.05, 0.1) is 24.4 Å². The molecule has 1 atom stereocenters. The Kier molecular flexibility index (Phi) is 6.42. The summed E-state index contributed by atoms with van der Waals surface area (Å²) in [7, 11) is 1.31. The number of methoxy groups -OCH3 is 1. The van der Waals surface area contributed by atoms with Gasteiger partial charge in [0, 0.05) is 16.1 Å². The predicted octanol–water partition coefficient (Wildman–Crippen LogP) is 4.86. The molecule has 0 bridgehead atoms. The van der Waals surface area contributed by atoms with Crippen LogP contribution < -0.4 is 15.4 Å². The van der Waals surface area contributed by atoms with E-state index < -0.39 is 18.0 Å². The van der Waals surface area contributed by atoms with E-state index in [1.807, 2.05) is 66.7 Å². The highest BCUT2D eigenvalue weighted by Gasteiger charge is 2.35. The van der Waals surface area contributed by atoms with Crippen LogP contribution in [0.25, 0.3) is 5.70 Å². The van der Waals surface area contributed by atoms with Crippen LogP contribution >= 0.6 is 11.6 Å². The van der Waals surface area contributed by atoms with Gasteiger partial charge in [-0.05, 0) is 17.7 Å². The Labute approximate surface area is 190 Å². The number of hydrogen-bond donors (Lipinski definition) is 2. The van der Waals surface area contributed by atoms with Gasteiger partial charge in [-0.1, -0.05) is 78.3 Å². The van der Waals surface area contributed by atoms with E-state index in [0.717, 1.165) is 5.56 Å². The highest BCUT2D eigenvalue weighted by atomic mass is 35.5. The van der Waals surface area contributed by atoms with Crippen molar-refractivity contribution < 1.29 is 19.1 Å². The molecule has 0 fully saturated rings. The van der Waals surface area contributed by atoms with Crippen molar-refractivity contribution in [2.24, 2.45) is 0 Å². The Balaban J connectivity index is 1.77. The van der Waals surface area contributed by atoms with E-state index in [1.165, 1.54) is 7.11 Å². The van der Waals surface area contributed by atoms with Crippen molar-refractivity contribution in [2.75, 3.05) is 7.11 Å². The fourth-order valence-electron chi connectivity index (χ4n) is 3.58. The number of nitrogens with one attached hydrogen (secondary N) is 2. The smallest absolute Gasteiger partial charge is 0.338 e. The number of halogens is 1. The normalized spacial score (nSPS) is 15.6. The molecule has 32 heavy (non-hydrogen) atoms. The molecule has 1 aliphatic heterocycles. The van der Waals surface area contributed by atoms with Crippen molar-refractivity contribution in [2.45, 2.75) is 12.6 Å². The van der Waals surface area contributed by atoms with Gasteiger partial charge in [0.25, 0.3) is 0 Å². The Morgan fingerprint density at radius 1 is 0.969 bits per heavy atom. The number of esters is 1. The monoisotopic (exact) mass is 448 g/mol. The minimum Gasteiger partial charge on any atom is -0.488 e. The van der Waals surface area contributed by atoms with Gasteiger partial charge in [-0.2, -0.15) is 0 Å². The summed E-state index contributed by atoms with van der Waals surface area (Å²) in [6.07, 6.45) is 0. The first kappa shape index (κ1) is 21.5. The molecule has 1 heterocycles. The molecule has 2 N–H and O–H groups in total. The van der Waals surface area contributed by atoms with Crippen LogP contribution in [0.3, 0.4) is 0 Å². The summed E-state index contributed by atoms with van der Waals surface area (Å²) in [6.45, 7) is 0.235. The molecule has 2 amide bonds. The molecule has 1 unspecified atom stereocenters. The highest BCUT2D eigenvalue weighted by molar-refractivity contribution is 6.31. The average Bonchev–Trinajstić information content (AvgIpc) is 2.83. The SMILES string of the molecule is COC(=O)C1=C(c2ccccc2)NC(=O)NC1c1ccccc1OCc1ccccc1Cl. The first-order valence-corrected chi connectivity index (χ1v) is 10.4. The summed E-state index contributed by atoms with van der Waals surface area (Å²) in [4.78, 5) is 25.4. The van der Waals surface area contributed by atoms with Crippen molar-refractivity contribution in [1.82, 2.24) is 10.6 Å². The predicted molar refractivity (Wildman–Crippen MR) is 122 cm³/mol. The molecule has 3 aromatic carbocycles. The number of para-hydroxylation sites is 1. The van der Waals surface area contributed by atoms with Gasteiger partial charge >= 0.3 is 12.0 Å². The maximum atomic E-state index is 12.8. The zero-order valence-corrected chi connectivity index (χ0v) is 18.1. The first-order chi connectivity index (χ1) is 15.6. The van der Waals surface area contributed by atoms with Crippen molar-refractivity contribution in [3.05, 3.63) is 106 Å². The summed E-state index contributed by atoms with van der Waals surface area (Å²) in [5, 5.41) is 6.18. The second-order valence-corrected chi connectivity index (χ2v) is 7.50. The summed E-state index contributed by atoms with van der Waals surface area (Å²) in [6, 6.07) is 22.6. The molecule has 7 heteroatoms. The minimum absolute atomic E-state index is 0.235. The lowest BCUT2D eigenvalue weighted by molar-refractivity contribution is -0.136. The molecular formula is C25H21ClN2O4. The molecule has 6 nitrogen and oxygen atoms in total. The lowest BCUT2D eigenvalue weighted by atomic mass is 9.92. The summed E-state index contributed by atoms with van der Waals surface area (Å²) >= 11 is 6.25. The number of amides is 2. The largest absolute Gasteiger partial charge is 0.488 e. The summed E-state index contributed by atoms with van der Waals surface area (Å²) in [5.74, 6) is -0.0318. The van der Waals surface area contributed by atoms with E-state index in [0.29, 0.717) is 27.6 Å². The van der Waals surface area contributed by atoms with Crippen LogP contribution in [-0.2, 0) is 16.1 Å². The molecular weight excluding hydrogens is 428 g/mol. The number of urea groups is 1. The van der Waals surface area contributed by atoms with E-state index >= 15 is 0 Å². The average molecular weight is 449 g/mol. The first-order valence-electron chi connectivity index (χ1n) is 9.99. The quantitative estimate of drug-likeness (QED) is 0.528. The van der Waals surface area contributed by atoms with Crippen molar-refractivity contribution >= 4 is 29.3 Å². The lowest BCUT2D eigenvalue weighted by Crippen LogP contribution is -2.45. The highest BCUT2D eigenvalue weighted by Crippen LogP contribution is 2.36. The molecule has 162 valence electrons. The molecule has 0 saturated heterocycles. The number of hydrogen-bond acceptors (Lipinski definition) is 4. The number of benzene rings is 3. The van der Waals surface area contributed by atoms with Gasteiger partial charge in [0.15, 0.2) is 0 Å². The van der Waals surface area contributed by atoms with Crippen molar-refractivity contribution in [3.8, 4) is 5.75 Å². The summed E-state index contributed by atoms with van der Waals surface area (Å²) in [5.41, 5.74) is 2.83. The number of carbonyl (C=O) groups excluding carboxylic acids is 2. The van der Waals surface area contributed by atoms with Crippen LogP contribution in [0.2, 0.25) is 5.02 Å². The van der Waals surface area contributed by atoms with Crippen LogP contribution in [0, 0.1) is 0 Å². The second-order valence-electron chi connectivity index (χ2n) is 7.10. The summed E-state index contributed by atoms with van der Waals surface area (Å²) < 4.78 is 11.1. The second kappa shape index (κ2) is 9.58. The minimum atomic E-state index is -0.770. The maximum Gasteiger partial charge on any atom is 0.338 e. The molecule has 3 aromatic rings. The van der Waals surface area contributed by atoms with Crippen molar-refractivity contribution in [1.29, 1.82) is 0 Å². The fraction of sp³-hybridized carbons (Fsp3) is 0.120. The Bertz CT molecular complexity index is 1180. The third-order valence-electron chi connectivity index (χ3n) is 5.11. The van der Waals surface area contributed by atoms with Gasteiger partial charge in [-0.15, -0.1) is 0 Å². The van der Waals surface area contributed by atoms with Crippen LogP contribution in [-0.4, -0.2) is 19.1 Å². The molecule has 0 aromatic heterocycles. The molecule has 1 aliphatic rings. The van der Waals surface area contributed by atoms with Crippen LogP contribution in [0.1, 0.15) is 22.7 Å². The van der Waals surface area contributed by atoms with Gasteiger partial charge < -0.3 is 20.1 Å². The number of carbonyl (C=O) groups is 2. The maximum absolute atomic E-state index is 12.8. The van der Waals surface area contributed by atoms with E-state index in [4.69, 9.17) is 21.1 Å². The Morgan fingerprint density at radius 3 is 2.41 bits per heavy atom. The molecule has 4 rings (SSSR count). The van der Waals surface area contributed by atoms with Crippen molar-refractivity contribution in [3.63, 3.8) is 0 Å². The van der Waals surface area contributed by atoms with E-state index in [9.17, 15) is 9.59 Å². The standard InChI is InChI=1S/C25H21ClN2O4/c1-31-24(29)21-22(16-9-3-2-4-10-16)27-25(30)28-23(21)18-12-6-8-14-20(18)32-15-17-11-5-7-13-19(17)26/h2-14,23H,15H2,1H3,(H2,27,28,30). The lowest BCUT2D eigenvalue weighted by Gasteiger charge is -2.30. The van der Waals surface area contributed by atoms with E-state index in [1.54, 1.807) is 12.1 Å². The number of rotatable bonds is 6. The topological polar surface area (TPSA) is 76.7 Å². The number of ether oxygens (including phenoxy) is 2. The Hall–Kier alpha value is -3.77. The van der Waals surface area contributed by atoms with Gasteiger partial charge in [0.2, 0.25) is 0 Å². The van der Waals surface area contributed by atoms with Gasteiger partial charge in [-0.25, -0.2) is 9.59 Å². The zero-order valence-electron chi connectivity index (χ0n) is 17.3. The van der Waals surface area contributed by atoms with Gasteiger partial charge in [0.1, 0.15) is 12.4 Å². The Morgan fingerprint density at radius 2 is 1.66 bits per heavy atom. The third-order valence-corrected chi connectivity index (χ3v) is 5.48. The fourth-order valence-corrected chi connectivity index (χ4v) is 3.77. The van der Waals surface area contributed by atoms with Crippen LogP contribution in [0.4, 0.5) is 4.79 Å². The van der Waals surface area contributed by atoms with E-state index in [2.05, 4.69) is 10.6 Å². The van der Waals surface area contributed by atoms with Gasteiger partial charge in [-0.3, -0.25) is 0 Å². The molecule has 0 saturated carbocycles. The molecule has 0 spiro atoms. The molecule has 0 aliphatic carbocycles. The zero-order chi connectivity index (χ0) is 22.5. The third kappa shape index (κ3) is 4.45. The van der Waals surface area contributed by atoms with Crippen LogP contribution in [0.15, 0.2) is 84.4 Å². The molecule has 0 radical (unpaired) electrons.